The highest BCUT2D eigenvalue weighted by molar-refractivity contribution is 5.28. The Balaban J connectivity index is 2.25. The number of ether oxygens (including phenoxy) is 1. The Kier molecular flexibility index (Phi) is 3.91. The molecule has 1 heterocycles. The van der Waals surface area contributed by atoms with Crippen LogP contribution in [0.1, 0.15) is 45.6 Å². The van der Waals surface area contributed by atoms with Crippen LogP contribution in [0.25, 0.3) is 0 Å². The van der Waals surface area contributed by atoms with E-state index >= 15 is 0 Å². The van der Waals surface area contributed by atoms with Crippen molar-refractivity contribution in [3.05, 3.63) is 24.0 Å². The molecule has 1 aromatic rings. The first-order chi connectivity index (χ1) is 8.53. The largest absolute Gasteiger partial charge is 0.492 e. The summed E-state index contributed by atoms with van der Waals surface area (Å²) in [5, 5.41) is 10.9. The summed E-state index contributed by atoms with van der Waals surface area (Å²) in [6, 6.07) is 1.93. The predicted molar refractivity (Wildman–Crippen MR) is 71.5 cm³/mol. The lowest BCUT2D eigenvalue weighted by atomic mass is 9.71. The Morgan fingerprint density at radius 2 is 2.00 bits per heavy atom. The van der Waals surface area contributed by atoms with Crippen LogP contribution in [0, 0.1) is 11.8 Å². The van der Waals surface area contributed by atoms with Crippen LogP contribution >= 0.6 is 0 Å². The third-order valence-corrected chi connectivity index (χ3v) is 3.74. The quantitative estimate of drug-likeness (QED) is 0.895. The average Bonchev–Trinajstić information content (AvgIpc) is 2.28. The fourth-order valence-corrected chi connectivity index (χ4v) is 3.24. The Morgan fingerprint density at radius 3 is 2.61 bits per heavy atom. The maximum atomic E-state index is 10.9. The molecule has 0 bridgehead atoms. The standard InChI is InChI=1S/C15H23NO2/c1-4-18-14-6-13(9-16-10-14)15(17)7-11(2)5-12(3)8-15/h6,9-12,17H,4-5,7-8H2,1-3H3. The van der Waals surface area contributed by atoms with Gasteiger partial charge >= 0.3 is 0 Å². The maximum Gasteiger partial charge on any atom is 0.137 e. The molecule has 0 radical (unpaired) electrons. The second kappa shape index (κ2) is 5.27. The molecule has 2 rings (SSSR count). The number of hydrogen-bond donors (Lipinski definition) is 1. The van der Waals surface area contributed by atoms with Crippen LogP contribution in [0.15, 0.2) is 18.5 Å². The van der Waals surface area contributed by atoms with Gasteiger partial charge in [-0.05, 0) is 44.1 Å². The van der Waals surface area contributed by atoms with Crippen molar-refractivity contribution < 1.29 is 9.84 Å². The predicted octanol–water partition coefficient (Wildman–Crippen LogP) is 3.12. The molecule has 1 aliphatic rings. The van der Waals surface area contributed by atoms with Crippen molar-refractivity contribution in [1.29, 1.82) is 0 Å². The number of hydrogen-bond acceptors (Lipinski definition) is 3. The number of rotatable bonds is 3. The first-order valence-corrected chi connectivity index (χ1v) is 6.84. The van der Waals surface area contributed by atoms with E-state index in [1.807, 2.05) is 13.0 Å². The summed E-state index contributed by atoms with van der Waals surface area (Å²) in [4.78, 5) is 4.19. The highest BCUT2D eigenvalue weighted by Crippen LogP contribution is 2.42. The molecule has 0 aromatic carbocycles. The summed E-state index contributed by atoms with van der Waals surface area (Å²) in [5.41, 5.74) is 0.156. The molecule has 3 heteroatoms. The van der Waals surface area contributed by atoms with E-state index in [0.717, 1.165) is 24.2 Å². The minimum absolute atomic E-state index is 0.550. The second-order valence-corrected chi connectivity index (χ2v) is 5.73. The molecule has 0 amide bonds. The van der Waals surface area contributed by atoms with E-state index in [2.05, 4.69) is 18.8 Å². The Bertz CT molecular complexity index is 395. The van der Waals surface area contributed by atoms with E-state index < -0.39 is 5.60 Å². The minimum Gasteiger partial charge on any atom is -0.492 e. The van der Waals surface area contributed by atoms with E-state index in [1.54, 1.807) is 12.4 Å². The monoisotopic (exact) mass is 249 g/mol. The van der Waals surface area contributed by atoms with Gasteiger partial charge in [-0.3, -0.25) is 4.98 Å². The summed E-state index contributed by atoms with van der Waals surface area (Å²) >= 11 is 0. The topological polar surface area (TPSA) is 42.4 Å². The van der Waals surface area contributed by atoms with Crippen molar-refractivity contribution >= 4 is 0 Å². The SMILES string of the molecule is CCOc1cncc(C2(O)CC(C)CC(C)C2)c1. The van der Waals surface area contributed by atoms with Gasteiger partial charge in [0.05, 0.1) is 18.4 Å². The van der Waals surface area contributed by atoms with Gasteiger partial charge in [0.2, 0.25) is 0 Å². The molecule has 1 fully saturated rings. The van der Waals surface area contributed by atoms with E-state index in [-0.39, 0.29) is 0 Å². The van der Waals surface area contributed by atoms with Crippen molar-refractivity contribution in [2.75, 3.05) is 6.61 Å². The van der Waals surface area contributed by atoms with Gasteiger partial charge in [0.15, 0.2) is 0 Å². The van der Waals surface area contributed by atoms with Crippen LogP contribution < -0.4 is 4.74 Å². The first kappa shape index (κ1) is 13.3. The molecular formula is C15H23NO2. The van der Waals surface area contributed by atoms with Gasteiger partial charge < -0.3 is 9.84 Å². The zero-order valence-corrected chi connectivity index (χ0v) is 11.5. The van der Waals surface area contributed by atoms with Crippen LogP contribution in [0.4, 0.5) is 0 Å². The molecule has 1 aromatic heterocycles. The van der Waals surface area contributed by atoms with Crippen LogP contribution in [-0.2, 0) is 5.60 Å². The zero-order valence-electron chi connectivity index (χ0n) is 11.5. The Hall–Kier alpha value is -1.09. The molecule has 0 saturated heterocycles. The average molecular weight is 249 g/mol. The van der Waals surface area contributed by atoms with E-state index in [0.29, 0.717) is 18.4 Å². The zero-order chi connectivity index (χ0) is 13.2. The van der Waals surface area contributed by atoms with Crippen LogP contribution in [0.5, 0.6) is 5.75 Å². The highest BCUT2D eigenvalue weighted by Gasteiger charge is 2.37. The molecule has 3 nitrogen and oxygen atoms in total. The second-order valence-electron chi connectivity index (χ2n) is 5.73. The molecule has 1 saturated carbocycles. The smallest absolute Gasteiger partial charge is 0.137 e. The minimum atomic E-state index is -0.739. The highest BCUT2D eigenvalue weighted by atomic mass is 16.5. The molecule has 100 valence electrons. The summed E-state index contributed by atoms with van der Waals surface area (Å²) in [6.45, 7) is 6.99. The van der Waals surface area contributed by atoms with Gasteiger partial charge in [0, 0.05) is 11.8 Å². The molecular weight excluding hydrogens is 226 g/mol. The summed E-state index contributed by atoms with van der Waals surface area (Å²) < 4.78 is 5.46. The Labute approximate surface area is 109 Å². The van der Waals surface area contributed by atoms with E-state index in [4.69, 9.17) is 4.74 Å². The summed E-state index contributed by atoms with van der Waals surface area (Å²) in [6.07, 6.45) is 6.30. The van der Waals surface area contributed by atoms with Crippen molar-refractivity contribution in [3.8, 4) is 5.75 Å². The number of aliphatic hydroxyl groups is 1. The van der Waals surface area contributed by atoms with Gasteiger partial charge in [0.25, 0.3) is 0 Å². The van der Waals surface area contributed by atoms with Crippen molar-refractivity contribution in [2.45, 2.75) is 45.6 Å². The lowest BCUT2D eigenvalue weighted by Gasteiger charge is -2.39. The van der Waals surface area contributed by atoms with E-state index in [9.17, 15) is 5.11 Å². The van der Waals surface area contributed by atoms with E-state index in [1.165, 1.54) is 6.42 Å². The fraction of sp³-hybridized carbons (Fsp3) is 0.667. The summed E-state index contributed by atoms with van der Waals surface area (Å²) in [7, 11) is 0. The maximum absolute atomic E-state index is 10.9. The van der Waals surface area contributed by atoms with Gasteiger partial charge in [-0.25, -0.2) is 0 Å². The Morgan fingerprint density at radius 1 is 1.33 bits per heavy atom. The number of nitrogens with zero attached hydrogens (tertiary/aromatic N) is 1. The van der Waals surface area contributed by atoms with Crippen LogP contribution in [0.2, 0.25) is 0 Å². The third kappa shape index (κ3) is 2.83. The van der Waals surface area contributed by atoms with Crippen molar-refractivity contribution in [2.24, 2.45) is 11.8 Å². The van der Waals surface area contributed by atoms with Gasteiger partial charge in [0.1, 0.15) is 5.75 Å². The van der Waals surface area contributed by atoms with Gasteiger partial charge in [-0.2, -0.15) is 0 Å². The molecule has 1 aliphatic carbocycles. The number of aromatic nitrogens is 1. The third-order valence-electron chi connectivity index (χ3n) is 3.74. The van der Waals surface area contributed by atoms with Gasteiger partial charge in [-0.15, -0.1) is 0 Å². The summed E-state index contributed by atoms with van der Waals surface area (Å²) in [5.74, 6) is 1.85. The van der Waals surface area contributed by atoms with Crippen LogP contribution in [-0.4, -0.2) is 16.7 Å². The van der Waals surface area contributed by atoms with Crippen molar-refractivity contribution in [3.63, 3.8) is 0 Å². The molecule has 0 aliphatic heterocycles. The first-order valence-electron chi connectivity index (χ1n) is 6.84. The fourth-order valence-electron chi connectivity index (χ4n) is 3.24. The normalized spacial score (nSPS) is 32.2. The lowest BCUT2D eigenvalue weighted by molar-refractivity contribution is -0.0367. The van der Waals surface area contributed by atoms with Crippen LogP contribution in [0.3, 0.4) is 0 Å². The molecule has 0 spiro atoms. The van der Waals surface area contributed by atoms with Crippen molar-refractivity contribution in [1.82, 2.24) is 4.98 Å². The lowest BCUT2D eigenvalue weighted by Crippen LogP contribution is -2.35. The molecule has 18 heavy (non-hydrogen) atoms. The van der Waals surface area contributed by atoms with Gasteiger partial charge in [-0.1, -0.05) is 13.8 Å². The number of pyridine rings is 1. The molecule has 2 unspecified atom stereocenters. The molecule has 2 atom stereocenters. The molecule has 1 N–H and O–H groups in total.